The number of aromatic nitrogens is 2. The zero-order valence-corrected chi connectivity index (χ0v) is 11.9. The number of halogens is 2. The number of H-pyrrole nitrogens is 1. The smallest absolute Gasteiger partial charge is 0.103 e. The SMILES string of the molecule is Cc1ncc(CNc2c(Br)cccc2Br)[nH]1. The van der Waals surface area contributed by atoms with Crippen molar-refractivity contribution in [3.8, 4) is 0 Å². The van der Waals surface area contributed by atoms with Gasteiger partial charge in [0, 0.05) is 8.95 Å². The van der Waals surface area contributed by atoms with Crippen LogP contribution in [-0.2, 0) is 6.54 Å². The minimum absolute atomic E-state index is 0.724. The van der Waals surface area contributed by atoms with Crippen LogP contribution in [-0.4, -0.2) is 9.97 Å². The first kappa shape index (κ1) is 11.7. The van der Waals surface area contributed by atoms with Gasteiger partial charge in [0.2, 0.25) is 0 Å². The van der Waals surface area contributed by atoms with Gasteiger partial charge in [-0.1, -0.05) is 6.07 Å². The van der Waals surface area contributed by atoms with E-state index >= 15 is 0 Å². The lowest BCUT2D eigenvalue weighted by Gasteiger charge is -2.09. The zero-order chi connectivity index (χ0) is 11.5. The number of para-hydroxylation sites is 1. The highest BCUT2D eigenvalue weighted by Gasteiger charge is 2.04. The molecule has 0 atom stereocenters. The van der Waals surface area contributed by atoms with E-state index in [1.165, 1.54) is 0 Å². The van der Waals surface area contributed by atoms with Crippen LogP contribution < -0.4 is 5.32 Å². The third-order valence-corrected chi connectivity index (χ3v) is 3.50. The fourth-order valence-electron chi connectivity index (χ4n) is 1.41. The summed E-state index contributed by atoms with van der Waals surface area (Å²) in [6, 6.07) is 6.00. The van der Waals surface area contributed by atoms with E-state index in [-0.39, 0.29) is 0 Å². The molecule has 1 heterocycles. The Hall–Kier alpha value is -0.810. The Balaban J connectivity index is 2.10. The molecule has 0 amide bonds. The Kier molecular flexibility index (Phi) is 3.66. The molecule has 0 aliphatic carbocycles. The molecular weight excluding hydrogens is 334 g/mol. The minimum Gasteiger partial charge on any atom is -0.378 e. The fraction of sp³-hybridized carbons (Fsp3) is 0.182. The van der Waals surface area contributed by atoms with Crippen LogP contribution in [0.4, 0.5) is 5.69 Å². The number of hydrogen-bond donors (Lipinski definition) is 2. The van der Waals surface area contributed by atoms with Gasteiger partial charge in [0.1, 0.15) is 5.82 Å². The second kappa shape index (κ2) is 5.01. The van der Waals surface area contributed by atoms with E-state index in [1.807, 2.05) is 31.3 Å². The van der Waals surface area contributed by atoms with Gasteiger partial charge in [-0.3, -0.25) is 0 Å². The molecule has 0 saturated carbocycles. The molecule has 0 bridgehead atoms. The van der Waals surface area contributed by atoms with Crippen molar-refractivity contribution < 1.29 is 0 Å². The van der Waals surface area contributed by atoms with Crippen molar-refractivity contribution in [2.75, 3.05) is 5.32 Å². The number of benzene rings is 1. The number of imidazole rings is 1. The second-order valence-corrected chi connectivity index (χ2v) is 5.15. The Labute approximate surface area is 111 Å². The lowest BCUT2D eigenvalue weighted by Crippen LogP contribution is -2.01. The summed E-state index contributed by atoms with van der Waals surface area (Å²) in [6.45, 7) is 2.67. The third kappa shape index (κ3) is 2.65. The van der Waals surface area contributed by atoms with Crippen LogP contribution in [0.1, 0.15) is 11.5 Å². The number of aryl methyl sites for hydroxylation is 1. The molecule has 0 unspecified atom stereocenters. The van der Waals surface area contributed by atoms with Gasteiger partial charge in [-0.05, 0) is 50.9 Å². The van der Waals surface area contributed by atoms with Crippen LogP contribution in [0.25, 0.3) is 0 Å². The van der Waals surface area contributed by atoms with Gasteiger partial charge >= 0.3 is 0 Å². The van der Waals surface area contributed by atoms with Crippen molar-refractivity contribution in [3.63, 3.8) is 0 Å². The molecule has 1 aromatic carbocycles. The predicted molar refractivity (Wildman–Crippen MR) is 72.5 cm³/mol. The minimum atomic E-state index is 0.724. The van der Waals surface area contributed by atoms with E-state index in [4.69, 9.17) is 0 Å². The standard InChI is InChI=1S/C11H11Br2N3/c1-7-14-5-8(16-7)6-15-11-9(12)3-2-4-10(11)13/h2-5,15H,6H2,1H3,(H,14,16). The second-order valence-electron chi connectivity index (χ2n) is 3.44. The number of anilines is 1. The summed E-state index contributed by atoms with van der Waals surface area (Å²) in [5.74, 6) is 0.933. The number of aromatic amines is 1. The highest BCUT2D eigenvalue weighted by atomic mass is 79.9. The summed E-state index contributed by atoms with van der Waals surface area (Å²) < 4.78 is 2.08. The maximum absolute atomic E-state index is 4.15. The van der Waals surface area contributed by atoms with Crippen LogP contribution >= 0.6 is 31.9 Å². The molecule has 0 radical (unpaired) electrons. The largest absolute Gasteiger partial charge is 0.378 e. The first-order valence-corrected chi connectivity index (χ1v) is 6.44. The molecule has 0 saturated heterocycles. The molecule has 5 heteroatoms. The Bertz CT molecular complexity index is 473. The highest BCUT2D eigenvalue weighted by Crippen LogP contribution is 2.30. The highest BCUT2D eigenvalue weighted by molar-refractivity contribution is 9.11. The number of rotatable bonds is 3. The van der Waals surface area contributed by atoms with Crippen molar-refractivity contribution in [2.45, 2.75) is 13.5 Å². The molecule has 1 aromatic heterocycles. The molecule has 0 fully saturated rings. The molecule has 3 nitrogen and oxygen atoms in total. The van der Waals surface area contributed by atoms with Crippen molar-refractivity contribution in [3.05, 3.63) is 44.9 Å². The van der Waals surface area contributed by atoms with E-state index in [1.54, 1.807) is 0 Å². The summed E-state index contributed by atoms with van der Waals surface area (Å²) in [5, 5.41) is 3.35. The van der Waals surface area contributed by atoms with Gasteiger partial charge in [0.15, 0.2) is 0 Å². The summed E-state index contributed by atoms with van der Waals surface area (Å²) >= 11 is 7.02. The maximum Gasteiger partial charge on any atom is 0.103 e. The molecule has 16 heavy (non-hydrogen) atoms. The topological polar surface area (TPSA) is 40.7 Å². The monoisotopic (exact) mass is 343 g/mol. The number of nitrogens with zero attached hydrogens (tertiary/aromatic N) is 1. The average Bonchev–Trinajstić information content (AvgIpc) is 2.63. The van der Waals surface area contributed by atoms with Gasteiger partial charge in [-0.2, -0.15) is 0 Å². The molecule has 2 N–H and O–H groups in total. The number of hydrogen-bond acceptors (Lipinski definition) is 2. The summed E-state index contributed by atoms with van der Waals surface area (Å²) in [7, 11) is 0. The predicted octanol–water partition coefficient (Wildman–Crippen LogP) is 3.86. The van der Waals surface area contributed by atoms with E-state index in [0.717, 1.165) is 32.7 Å². The van der Waals surface area contributed by atoms with E-state index in [9.17, 15) is 0 Å². The van der Waals surface area contributed by atoms with Gasteiger partial charge in [-0.25, -0.2) is 4.98 Å². The normalized spacial score (nSPS) is 10.4. The molecule has 0 spiro atoms. The Morgan fingerprint density at radius 2 is 2.00 bits per heavy atom. The van der Waals surface area contributed by atoms with Crippen molar-refractivity contribution in [1.82, 2.24) is 9.97 Å². The van der Waals surface area contributed by atoms with Gasteiger partial charge in [0.25, 0.3) is 0 Å². The summed E-state index contributed by atoms with van der Waals surface area (Å²) in [6.07, 6.45) is 1.84. The maximum atomic E-state index is 4.15. The van der Waals surface area contributed by atoms with Crippen LogP contribution in [0.3, 0.4) is 0 Å². The summed E-state index contributed by atoms with van der Waals surface area (Å²) in [4.78, 5) is 7.34. The first-order valence-electron chi connectivity index (χ1n) is 4.85. The molecule has 0 aliphatic rings. The van der Waals surface area contributed by atoms with Crippen LogP contribution in [0.2, 0.25) is 0 Å². The van der Waals surface area contributed by atoms with Gasteiger partial charge in [0.05, 0.1) is 24.1 Å². The van der Waals surface area contributed by atoms with Crippen molar-refractivity contribution in [2.24, 2.45) is 0 Å². The van der Waals surface area contributed by atoms with Crippen LogP contribution in [0.15, 0.2) is 33.3 Å². The van der Waals surface area contributed by atoms with Gasteiger partial charge in [-0.15, -0.1) is 0 Å². The van der Waals surface area contributed by atoms with Crippen LogP contribution in [0.5, 0.6) is 0 Å². The van der Waals surface area contributed by atoms with Crippen LogP contribution in [0, 0.1) is 6.92 Å². The first-order chi connectivity index (χ1) is 7.66. The van der Waals surface area contributed by atoms with Gasteiger partial charge < -0.3 is 10.3 Å². The zero-order valence-electron chi connectivity index (χ0n) is 8.72. The third-order valence-electron chi connectivity index (χ3n) is 2.17. The lowest BCUT2D eigenvalue weighted by atomic mass is 10.3. The fourth-order valence-corrected chi connectivity index (χ4v) is 2.69. The van der Waals surface area contributed by atoms with Crippen molar-refractivity contribution in [1.29, 1.82) is 0 Å². The van der Waals surface area contributed by atoms with E-state index < -0.39 is 0 Å². The average molecular weight is 345 g/mol. The van der Waals surface area contributed by atoms with Crippen molar-refractivity contribution >= 4 is 37.5 Å². The quantitative estimate of drug-likeness (QED) is 0.887. The lowest BCUT2D eigenvalue weighted by molar-refractivity contribution is 1.04. The molecule has 2 rings (SSSR count). The summed E-state index contributed by atoms with van der Waals surface area (Å²) in [5.41, 5.74) is 2.12. The van der Waals surface area contributed by atoms with E-state index in [0.29, 0.717) is 0 Å². The van der Waals surface area contributed by atoms with E-state index in [2.05, 4.69) is 47.1 Å². The molecule has 2 aromatic rings. The molecule has 0 aliphatic heterocycles. The number of nitrogens with one attached hydrogen (secondary N) is 2. The Morgan fingerprint density at radius 3 is 2.56 bits per heavy atom. The molecular formula is C11H11Br2N3. The Morgan fingerprint density at radius 1 is 1.31 bits per heavy atom. The molecule has 84 valence electrons.